The fraction of sp³-hybridized carbons (Fsp3) is 0.353. The predicted octanol–water partition coefficient (Wildman–Crippen LogP) is 3.81. The number of rotatable bonds is 2. The molecule has 0 radical (unpaired) electrons. The summed E-state index contributed by atoms with van der Waals surface area (Å²) in [7, 11) is 0. The zero-order valence-electron chi connectivity index (χ0n) is 11.6. The highest BCUT2D eigenvalue weighted by Gasteiger charge is 2.23. The van der Waals surface area contributed by atoms with Crippen LogP contribution in [0, 0.1) is 12.8 Å². The number of fused-ring (bicyclic) bond motifs is 2. The molecule has 0 spiro atoms. The Bertz CT molecular complexity index is 720. The average molecular weight is 266 g/mol. The molecular formula is C17H18N2O. The number of nitrogens with zero attached hydrogens (tertiary/aromatic N) is 1. The second kappa shape index (κ2) is 4.51. The minimum absolute atomic E-state index is 0.666. The molecule has 3 nitrogen and oxygen atoms in total. The van der Waals surface area contributed by atoms with Crippen molar-refractivity contribution in [2.75, 3.05) is 0 Å². The lowest BCUT2D eigenvalue weighted by Gasteiger charge is -2.20. The minimum atomic E-state index is 0.666. The second-order valence-electron chi connectivity index (χ2n) is 5.84. The number of H-pyrrole nitrogens is 1. The summed E-state index contributed by atoms with van der Waals surface area (Å²) in [5, 5.41) is 8.70. The van der Waals surface area contributed by atoms with Gasteiger partial charge in [0.25, 0.3) is 0 Å². The minimum Gasteiger partial charge on any atom is -0.461 e. The Morgan fingerprint density at radius 2 is 2.25 bits per heavy atom. The maximum absolute atomic E-state index is 5.95. The van der Waals surface area contributed by atoms with Crippen LogP contribution in [-0.2, 0) is 19.3 Å². The van der Waals surface area contributed by atoms with Crippen molar-refractivity contribution in [1.29, 1.82) is 0 Å². The van der Waals surface area contributed by atoms with Gasteiger partial charge in [0.15, 0.2) is 0 Å². The molecule has 1 aliphatic rings. The van der Waals surface area contributed by atoms with Crippen molar-refractivity contribution in [2.24, 2.45) is 5.92 Å². The monoisotopic (exact) mass is 266 g/mol. The van der Waals surface area contributed by atoms with E-state index in [2.05, 4.69) is 35.3 Å². The lowest BCUT2D eigenvalue weighted by atomic mass is 9.84. The van der Waals surface area contributed by atoms with Crippen molar-refractivity contribution in [3.8, 4) is 0 Å². The molecule has 2 heterocycles. The fourth-order valence-electron chi connectivity index (χ4n) is 3.31. The van der Waals surface area contributed by atoms with Gasteiger partial charge in [0.1, 0.15) is 11.3 Å². The van der Waals surface area contributed by atoms with Gasteiger partial charge in [-0.15, -0.1) is 0 Å². The summed E-state index contributed by atoms with van der Waals surface area (Å²) < 4.78 is 5.95. The molecule has 0 amide bonds. The number of benzene rings is 1. The predicted molar refractivity (Wildman–Crippen MR) is 78.8 cm³/mol. The van der Waals surface area contributed by atoms with Crippen LogP contribution in [0.15, 0.2) is 34.7 Å². The van der Waals surface area contributed by atoms with Crippen LogP contribution in [-0.4, -0.2) is 10.2 Å². The van der Waals surface area contributed by atoms with Crippen LogP contribution >= 0.6 is 0 Å². The van der Waals surface area contributed by atoms with Gasteiger partial charge in [-0.1, -0.05) is 18.2 Å². The molecule has 4 rings (SSSR count). The summed E-state index contributed by atoms with van der Waals surface area (Å²) in [4.78, 5) is 0. The van der Waals surface area contributed by atoms with Crippen molar-refractivity contribution in [2.45, 2.75) is 32.6 Å². The number of furan rings is 1. The molecule has 0 saturated heterocycles. The first-order valence-corrected chi connectivity index (χ1v) is 7.30. The maximum Gasteiger partial charge on any atom is 0.134 e. The van der Waals surface area contributed by atoms with E-state index in [0.717, 1.165) is 30.6 Å². The Labute approximate surface area is 118 Å². The Kier molecular flexibility index (Phi) is 2.66. The molecule has 1 N–H and O–H groups in total. The third kappa shape index (κ3) is 1.94. The molecule has 20 heavy (non-hydrogen) atoms. The average Bonchev–Trinajstić information content (AvgIpc) is 3.02. The third-order valence-corrected chi connectivity index (χ3v) is 4.41. The van der Waals surface area contributed by atoms with E-state index in [9.17, 15) is 0 Å². The number of para-hydroxylation sites is 1. The lowest BCUT2D eigenvalue weighted by molar-refractivity contribution is 0.410. The van der Waals surface area contributed by atoms with E-state index in [1.165, 1.54) is 28.8 Å². The van der Waals surface area contributed by atoms with Gasteiger partial charge in [-0.3, -0.25) is 5.10 Å². The largest absolute Gasteiger partial charge is 0.461 e. The highest BCUT2D eigenvalue weighted by Crippen LogP contribution is 2.30. The zero-order valence-corrected chi connectivity index (χ0v) is 11.6. The first kappa shape index (κ1) is 11.8. The molecule has 1 unspecified atom stereocenters. The van der Waals surface area contributed by atoms with Crippen LogP contribution in [0.3, 0.4) is 0 Å². The van der Waals surface area contributed by atoms with Gasteiger partial charge < -0.3 is 4.42 Å². The highest BCUT2D eigenvalue weighted by atomic mass is 16.3. The van der Waals surface area contributed by atoms with E-state index in [1.54, 1.807) is 0 Å². The van der Waals surface area contributed by atoms with Crippen LogP contribution in [0.2, 0.25) is 0 Å². The van der Waals surface area contributed by atoms with E-state index in [4.69, 9.17) is 4.42 Å². The SMILES string of the molecule is Cc1[nH]nc2c1CC(Cc1cc3ccccc3o1)CC2. The third-order valence-electron chi connectivity index (χ3n) is 4.41. The molecular weight excluding hydrogens is 248 g/mol. The van der Waals surface area contributed by atoms with Gasteiger partial charge in [-0.05, 0) is 49.8 Å². The van der Waals surface area contributed by atoms with Gasteiger partial charge in [0.05, 0.1) is 5.69 Å². The molecule has 0 bridgehead atoms. The smallest absolute Gasteiger partial charge is 0.134 e. The van der Waals surface area contributed by atoms with Gasteiger partial charge in [0.2, 0.25) is 0 Å². The van der Waals surface area contributed by atoms with E-state index in [1.807, 2.05) is 12.1 Å². The number of aromatic amines is 1. The fourth-order valence-corrected chi connectivity index (χ4v) is 3.31. The van der Waals surface area contributed by atoms with Crippen molar-refractivity contribution >= 4 is 11.0 Å². The maximum atomic E-state index is 5.95. The molecule has 1 atom stereocenters. The molecule has 1 aliphatic carbocycles. The number of aryl methyl sites for hydroxylation is 2. The van der Waals surface area contributed by atoms with Gasteiger partial charge in [0, 0.05) is 17.5 Å². The van der Waals surface area contributed by atoms with E-state index in [-0.39, 0.29) is 0 Å². The topological polar surface area (TPSA) is 41.8 Å². The van der Waals surface area contributed by atoms with Gasteiger partial charge >= 0.3 is 0 Å². The van der Waals surface area contributed by atoms with Crippen LogP contribution in [0.5, 0.6) is 0 Å². The normalized spacial score (nSPS) is 18.4. The Hall–Kier alpha value is -2.03. The summed E-state index contributed by atoms with van der Waals surface area (Å²) >= 11 is 0. The molecule has 0 aliphatic heterocycles. The number of aromatic nitrogens is 2. The van der Waals surface area contributed by atoms with Crippen LogP contribution < -0.4 is 0 Å². The van der Waals surface area contributed by atoms with Crippen molar-refractivity contribution in [3.63, 3.8) is 0 Å². The molecule has 3 heteroatoms. The van der Waals surface area contributed by atoms with Crippen molar-refractivity contribution < 1.29 is 4.42 Å². The molecule has 3 aromatic rings. The summed E-state index contributed by atoms with van der Waals surface area (Å²) in [6.07, 6.45) is 4.44. The molecule has 0 saturated carbocycles. The van der Waals surface area contributed by atoms with Crippen LogP contribution in [0.4, 0.5) is 0 Å². The summed E-state index contributed by atoms with van der Waals surface area (Å²) in [6.45, 7) is 2.12. The number of hydrogen-bond donors (Lipinski definition) is 1. The Morgan fingerprint density at radius 3 is 3.15 bits per heavy atom. The first-order valence-electron chi connectivity index (χ1n) is 7.30. The number of hydrogen-bond acceptors (Lipinski definition) is 2. The number of nitrogens with one attached hydrogen (secondary N) is 1. The summed E-state index contributed by atoms with van der Waals surface area (Å²) in [5.74, 6) is 1.78. The lowest BCUT2D eigenvalue weighted by Crippen LogP contribution is -2.16. The van der Waals surface area contributed by atoms with E-state index in [0.29, 0.717) is 5.92 Å². The van der Waals surface area contributed by atoms with Crippen molar-refractivity contribution in [3.05, 3.63) is 53.0 Å². The standard InChI is InChI=1S/C17H18N2O/c1-11-15-9-12(6-7-16(15)19-18-11)8-14-10-13-4-2-3-5-17(13)20-14/h2-5,10,12H,6-9H2,1H3,(H,18,19). The van der Waals surface area contributed by atoms with Crippen LogP contribution in [0.25, 0.3) is 11.0 Å². The van der Waals surface area contributed by atoms with E-state index < -0.39 is 0 Å². The highest BCUT2D eigenvalue weighted by molar-refractivity contribution is 5.77. The Morgan fingerprint density at radius 1 is 1.35 bits per heavy atom. The summed E-state index contributed by atoms with van der Waals surface area (Å²) in [6, 6.07) is 10.4. The quantitative estimate of drug-likeness (QED) is 0.766. The molecule has 1 aromatic carbocycles. The summed E-state index contributed by atoms with van der Waals surface area (Å²) in [5.41, 5.74) is 4.92. The van der Waals surface area contributed by atoms with E-state index >= 15 is 0 Å². The van der Waals surface area contributed by atoms with Gasteiger partial charge in [-0.25, -0.2) is 0 Å². The van der Waals surface area contributed by atoms with Gasteiger partial charge in [-0.2, -0.15) is 5.10 Å². The second-order valence-corrected chi connectivity index (χ2v) is 5.84. The molecule has 0 fully saturated rings. The molecule has 102 valence electrons. The van der Waals surface area contributed by atoms with Crippen molar-refractivity contribution in [1.82, 2.24) is 10.2 Å². The molecule has 2 aromatic heterocycles. The zero-order chi connectivity index (χ0) is 13.5. The van der Waals surface area contributed by atoms with Crippen LogP contribution in [0.1, 0.15) is 29.1 Å². The first-order chi connectivity index (χ1) is 9.79. The Balaban J connectivity index is 1.56.